The lowest BCUT2D eigenvalue weighted by Gasteiger charge is -2.17. The molecule has 0 heterocycles. The Morgan fingerprint density at radius 3 is 2.15 bits per heavy atom. The molecular formula is C26H25NO7. The topological polar surface area (TPSA) is 92.7 Å². The first kappa shape index (κ1) is 24.3. The van der Waals surface area contributed by atoms with Crippen LogP contribution in [0.1, 0.15) is 21.5 Å². The van der Waals surface area contributed by atoms with Crippen molar-refractivity contribution in [1.29, 1.82) is 0 Å². The highest BCUT2D eigenvalue weighted by atomic mass is 16.5. The molecule has 0 aromatic heterocycles. The maximum atomic E-state index is 13.1. The van der Waals surface area contributed by atoms with E-state index in [1.165, 1.54) is 40.6 Å². The van der Waals surface area contributed by atoms with Gasteiger partial charge in [-0.2, -0.15) is 0 Å². The number of ether oxygens (including phenoxy) is 5. The number of hydrogen-bond acceptors (Lipinski definition) is 8. The van der Waals surface area contributed by atoms with Crippen molar-refractivity contribution in [3.63, 3.8) is 0 Å². The average molecular weight is 463 g/mol. The Kier molecular flexibility index (Phi) is 8.23. The third kappa shape index (κ3) is 5.35. The van der Waals surface area contributed by atoms with Gasteiger partial charge in [0.15, 0.2) is 28.8 Å². The third-order valence-corrected chi connectivity index (χ3v) is 5.01. The van der Waals surface area contributed by atoms with Gasteiger partial charge < -0.3 is 23.7 Å². The molecule has 8 heteroatoms. The van der Waals surface area contributed by atoms with Gasteiger partial charge in [0.2, 0.25) is 5.75 Å². The number of carbonyl (C=O) groups is 1. The quantitative estimate of drug-likeness (QED) is 0.208. The number of nitroso groups, excluding NO2 is 1. The van der Waals surface area contributed by atoms with Gasteiger partial charge in [-0.15, -0.1) is 4.91 Å². The molecule has 0 amide bonds. The van der Waals surface area contributed by atoms with E-state index in [0.29, 0.717) is 17.1 Å². The number of ketones is 1. The van der Waals surface area contributed by atoms with E-state index in [4.69, 9.17) is 23.7 Å². The molecule has 3 aromatic rings. The minimum atomic E-state index is -0.492. The number of carbonyl (C=O) groups excluding carboxylic acids is 1. The first-order valence-corrected chi connectivity index (χ1v) is 10.3. The Morgan fingerprint density at radius 1 is 0.824 bits per heavy atom. The summed E-state index contributed by atoms with van der Waals surface area (Å²) in [5, 5.41) is 3.04. The van der Waals surface area contributed by atoms with Gasteiger partial charge in [-0.1, -0.05) is 42.5 Å². The monoisotopic (exact) mass is 463 g/mol. The fraction of sp³-hybridized carbons (Fsp3) is 0.192. The fourth-order valence-corrected chi connectivity index (χ4v) is 3.36. The summed E-state index contributed by atoms with van der Waals surface area (Å²) in [5.41, 5.74) is 1.46. The molecule has 3 aromatic carbocycles. The van der Waals surface area contributed by atoms with Gasteiger partial charge >= 0.3 is 0 Å². The molecule has 0 aliphatic carbocycles. The zero-order valence-corrected chi connectivity index (χ0v) is 19.4. The molecule has 8 nitrogen and oxygen atoms in total. The molecule has 0 fully saturated rings. The van der Waals surface area contributed by atoms with Crippen LogP contribution in [0, 0.1) is 4.91 Å². The van der Waals surface area contributed by atoms with Crippen LogP contribution in [0.25, 0.3) is 6.08 Å². The van der Waals surface area contributed by atoms with Gasteiger partial charge in [0.1, 0.15) is 12.3 Å². The van der Waals surface area contributed by atoms with Crippen molar-refractivity contribution in [1.82, 2.24) is 0 Å². The van der Waals surface area contributed by atoms with Crippen molar-refractivity contribution in [2.45, 2.75) is 6.61 Å². The molecule has 0 spiro atoms. The van der Waals surface area contributed by atoms with Crippen LogP contribution in [0.5, 0.6) is 28.7 Å². The summed E-state index contributed by atoms with van der Waals surface area (Å²) in [4.78, 5) is 24.7. The molecule has 0 saturated heterocycles. The van der Waals surface area contributed by atoms with Crippen LogP contribution in [0.2, 0.25) is 0 Å². The summed E-state index contributed by atoms with van der Waals surface area (Å²) in [5.74, 6) is 1.08. The summed E-state index contributed by atoms with van der Waals surface area (Å²) in [6, 6.07) is 16.1. The van der Waals surface area contributed by atoms with E-state index in [9.17, 15) is 9.70 Å². The van der Waals surface area contributed by atoms with Gasteiger partial charge in [-0.25, -0.2) is 0 Å². The van der Waals surface area contributed by atoms with Crippen LogP contribution < -0.4 is 23.7 Å². The minimum absolute atomic E-state index is 0.0295. The van der Waals surface area contributed by atoms with E-state index >= 15 is 0 Å². The first-order chi connectivity index (χ1) is 16.6. The normalized spacial score (nSPS) is 10.6. The van der Waals surface area contributed by atoms with E-state index in [1.807, 2.05) is 30.3 Å². The van der Waals surface area contributed by atoms with Gasteiger partial charge in [0, 0.05) is 6.07 Å². The highest BCUT2D eigenvalue weighted by molar-refractivity contribution is 6.12. The Morgan fingerprint density at radius 2 is 1.53 bits per heavy atom. The van der Waals surface area contributed by atoms with Crippen molar-refractivity contribution in [3.8, 4) is 28.7 Å². The Balaban J connectivity index is 1.96. The Hall–Kier alpha value is -4.33. The van der Waals surface area contributed by atoms with E-state index in [0.717, 1.165) is 5.56 Å². The van der Waals surface area contributed by atoms with Crippen molar-refractivity contribution in [2.24, 2.45) is 5.18 Å². The summed E-state index contributed by atoms with van der Waals surface area (Å²) in [7, 11) is 5.87. The predicted molar refractivity (Wildman–Crippen MR) is 129 cm³/mol. The highest BCUT2D eigenvalue weighted by Gasteiger charge is 2.25. The number of allylic oxidation sites excluding steroid dienone is 1. The van der Waals surface area contributed by atoms with Gasteiger partial charge in [0.05, 0.1) is 34.0 Å². The Bertz CT molecular complexity index is 1190. The molecule has 0 aliphatic heterocycles. The first-order valence-electron chi connectivity index (χ1n) is 10.3. The molecule has 0 bridgehead atoms. The zero-order valence-electron chi connectivity index (χ0n) is 19.4. The minimum Gasteiger partial charge on any atom is -0.493 e. The van der Waals surface area contributed by atoms with Crippen LogP contribution >= 0.6 is 0 Å². The molecule has 34 heavy (non-hydrogen) atoms. The smallest absolute Gasteiger partial charge is 0.204 e. The molecule has 0 N–H and O–H groups in total. The number of hydrogen-bond donors (Lipinski definition) is 0. The van der Waals surface area contributed by atoms with Gasteiger partial charge in [-0.3, -0.25) is 4.79 Å². The Labute approximate surface area is 197 Å². The molecule has 0 saturated carbocycles. The maximum Gasteiger partial charge on any atom is 0.204 e. The molecular weight excluding hydrogens is 438 g/mol. The second kappa shape index (κ2) is 11.5. The summed E-state index contributed by atoms with van der Waals surface area (Å²) in [6.45, 7) is 0.227. The van der Waals surface area contributed by atoms with Crippen LogP contribution in [-0.2, 0) is 6.61 Å². The summed E-state index contributed by atoms with van der Waals surface area (Å²) in [6.07, 6.45) is 2.91. The molecule has 0 unspecified atom stereocenters. The summed E-state index contributed by atoms with van der Waals surface area (Å²) < 4.78 is 27.3. The average Bonchev–Trinajstić information content (AvgIpc) is 2.89. The molecule has 0 radical (unpaired) electrons. The summed E-state index contributed by atoms with van der Waals surface area (Å²) >= 11 is 0. The second-order valence-corrected chi connectivity index (χ2v) is 7.01. The highest BCUT2D eigenvalue weighted by Crippen LogP contribution is 2.46. The van der Waals surface area contributed by atoms with E-state index in [2.05, 4.69) is 5.18 Å². The van der Waals surface area contributed by atoms with E-state index < -0.39 is 5.78 Å². The maximum absolute atomic E-state index is 13.1. The SMILES string of the molecule is COc1ccc(/C=C/C(=O)c2c(N=O)cc(OCc3ccccc3)c(OC)c2OC)cc1OC. The lowest BCUT2D eigenvalue weighted by molar-refractivity contribution is 0.104. The fourth-order valence-electron chi connectivity index (χ4n) is 3.36. The van der Waals surface area contributed by atoms with Gasteiger partial charge in [-0.05, 0) is 34.5 Å². The van der Waals surface area contributed by atoms with Crippen LogP contribution in [0.4, 0.5) is 5.69 Å². The van der Waals surface area contributed by atoms with Crippen LogP contribution in [-0.4, -0.2) is 34.2 Å². The van der Waals surface area contributed by atoms with Crippen molar-refractivity contribution in [2.75, 3.05) is 28.4 Å². The molecule has 0 aliphatic rings. The lowest BCUT2D eigenvalue weighted by atomic mass is 10.0. The number of benzene rings is 3. The largest absolute Gasteiger partial charge is 0.493 e. The predicted octanol–water partition coefficient (Wildman–Crippen LogP) is 5.59. The second-order valence-electron chi connectivity index (χ2n) is 7.01. The zero-order chi connectivity index (χ0) is 24.5. The van der Waals surface area contributed by atoms with Crippen LogP contribution in [0.15, 0.2) is 65.9 Å². The van der Waals surface area contributed by atoms with Gasteiger partial charge in [0.25, 0.3) is 0 Å². The number of nitrogens with zero attached hydrogens (tertiary/aromatic N) is 1. The van der Waals surface area contributed by atoms with E-state index in [-0.39, 0.29) is 35.1 Å². The standard InChI is InChI=1S/C26H25NO7/c1-30-21-13-11-17(14-22(21)31-2)10-12-20(28)24-19(27-29)15-23(25(32-3)26(24)33-4)34-16-18-8-6-5-7-9-18/h5-15H,16H2,1-4H3/b12-10+. The van der Waals surface area contributed by atoms with Crippen LogP contribution in [0.3, 0.4) is 0 Å². The molecule has 0 atom stereocenters. The van der Waals surface area contributed by atoms with Crippen molar-refractivity contribution < 1.29 is 28.5 Å². The number of rotatable bonds is 11. The number of methoxy groups -OCH3 is 4. The molecule has 3 rings (SSSR count). The third-order valence-electron chi connectivity index (χ3n) is 5.01. The van der Waals surface area contributed by atoms with Crippen molar-refractivity contribution in [3.05, 3.63) is 82.3 Å². The van der Waals surface area contributed by atoms with Crippen molar-refractivity contribution >= 4 is 17.5 Å². The molecule has 176 valence electrons. The van der Waals surface area contributed by atoms with E-state index in [1.54, 1.807) is 24.3 Å². The lowest BCUT2D eigenvalue weighted by Crippen LogP contribution is -2.05.